The van der Waals surface area contributed by atoms with Crippen LogP contribution in [0, 0.1) is 12.7 Å². The number of rotatable bonds is 3. The highest BCUT2D eigenvalue weighted by Gasteiger charge is 2.27. The number of carbonyl (C=O) groups is 1. The van der Waals surface area contributed by atoms with E-state index < -0.39 is 0 Å². The maximum atomic E-state index is 15.2. The summed E-state index contributed by atoms with van der Waals surface area (Å²) in [7, 11) is 0. The van der Waals surface area contributed by atoms with Crippen molar-refractivity contribution in [2.45, 2.75) is 32.2 Å². The van der Waals surface area contributed by atoms with Gasteiger partial charge in [0.15, 0.2) is 0 Å². The minimum atomic E-state index is -0.216. The molecule has 9 heteroatoms. The lowest BCUT2D eigenvalue weighted by atomic mass is 9.87. The number of nitrogen functional groups attached to an aromatic ring is 1. The average molecular weight is 441 g/mol. The minimum Gasteiger partial charge on any atom is -0.396 e. The third-order valence-corrected chi connectivity index (χ3v) is 7.17. The van der Waals surface area contributed by atoms with Crippen molar-refractivity contribution < 1.29 is 9.18 Å². The maximum absolute atomic E-state index is 15.2. The Bertz CT molecular complexity index is 1160. The third kappa shape index (κ3) is 3.72. The highest BCUT2D eigenvalue weighted by molar-refractivity contribution is 7.21. The highest BCUT2D eigenvalue weighted by atomic mass is 32.1. The van der Waals surface area contributed by atoms with E-state index in [1.165, 1.54) is 11.3 Å². The number of halogens is 1. The first kappa shape index (κ1) is 20.1. The smallest absolute Gasteiger partial charge is 0.263 e. The van der Waals surface area contributed by atoms with E-state index in [2.05, 4.69) is 25.5 Å². The minimum absolute atomic E-state index is 0.0586. The van der Waals surface area contributed by atoms with Crippen LogP contribution < -0.4 is 21.3 Å². The second-order valence-corrected chi connectivity index (χ2v) is 9.20. The molecule has 1 aliphatic carbocycles. The van der Waals surface area contributed by atoms with Gasteiger partial charge in [-0.2, -0.15) is 0 Å². The van der Waals surface area contributed by atoms with Crippen molar-refractivity contribution >= 4 is 39.0 Å². The second kappa shape index (κ2) is 8.05. The summed E-state index contributed by atoms with van der Waals surface area (Å²) in [6, 6.07) is 3.84. The van der Waals surface area contributed by atoms with Gasteiger partial charge in [0.25, 0.3) is 5.91 Å². The molecule has 0 spiro atoms. The van der Waals surface area contributed by atoms with E-state index in [9.17, 15) is 4.79 Å². The molecule has 0 radical (unpaired) electrons. The van der Waals surface area contributed by atoms with Crippen molar-refractivity contribution in [2.24, 2.45) is 0 Å². The van der Waals surface area contributed by atoms with Crippen LogP contribution in [-0.2, 0) is 12.8 Å². The number of benzene rings is 1. The van der Waals surface area contributed by atoms with Gasteiger partial charge in [-0.05, 0) is 43.4 Å². The zero-order valence-corrected chi connectivity index (χ0v) is 18.2. The van der Waals surface area contributed by atoms with E-state index in [1.54, 1.807) is 6.20 Å². The molecule has 2 aliphatic rings. The number of hydrogen-bond acceptors (Lipinski definition) is 7. The molecule has 1 aromatic carbocycles. The number of aryl methyl sites for hydroxylation is 1. The molecule has 1 fully saturated rings. The van der Waals surface area contributed by atoms with E-state index >= 15 is 4.39 Å². The van der Waals surface area contributed by atoms with Crippen LogP contribution in [-0.4, -0.2) is 48.1 Å². The van der Waals surface area contributed by atoms with E-state index in [0.717, 1.165) is 43.0 Å². The summed E-state index contributed by atoms with van der Waals surface area (Å²) in [4.78, 5) is 24.8. The Kier molecular flexibility index (Phi) is 5.23. The Morgan fingerprint density at radius 2 is 2.16 bits per heavy atom. The molecule has 0 saturated carbocycles. The SMILES string of the molecule is Cc1cnc2c(N)c(C(=O)N[C@@H]3CCc4c(ccc(N5CCNCC5)c4F)C3)sc2n1. The Morgan fingerprint density at radius 3 is 2.97 bits per heavy atom. The quantitative estimate of drug-likeness (QED) is 0.579. The summed E-state index contributed by atoms with van der Waals surface area (Å²) in [5.74, 6) is -0.322. The van der Waals surface area contributed by atoms with Crippen LogP contribution >= 0.6 is 11.3 Å². The molecule has 162 valence electrons. The molecular weight excluding hydrogens is 415 g/mol. The van der Waals surface area contributed by atoms with Crippen molar-refractivity contribution in [3.63, 3.8) is 0 Å². The number of fused-ring (bicyclic) bond motifs is 2. The number of anilines is 2. The summed E-state index contributed by atoms with van der Waals surface area (Å²) < 4.78 is 15.2. The fraction of sp³-hybridized carbons (Fsp3) is 0.409. The van der Waals surface area contributed by atoms with Gasteiger partial charge in [0.05, 0.1) is 17.1 Å². The Balaban J connectivity index is 1.32. The van der Waals surface area contributed by atoms with Gasteiger partial charge in [-0.25, -0.2) is 14.4 Å². The van der Waals surface area contributed by atoms with Crippen LogP contribution in [0.2, 0.25) is 0 Å². The van der Waals surface area contributed by atoms with Gasteiger partial charge in [-0.1, -0.05) is 6.07 Å². The monoisotopic (exact) mass is 440 g/mol. The lowest BCUT2D eigenvalue weighted by Gasteiger charge is -2.32. The Morgan fingerprint density at radius 1 is 1.35 bits per heavy atom. The first-order valence-corrected chi connectivity index (χ1v) is 11.4. The topological polar surface area (TPSA) is 96.2 Å². The third-order valence-electron chi connectivity index (χ3n) is 6.09. The Labute approximate surface area is 183 Å². The van der Waals surface area contributed by atoms with Crippen LogP contribution in [0.1, 0.15) is 32.9 Å². The lowest BCUT2D eigenvalue weighted by molar-refractivity contribution is 0.0938. The normalized spacial score (nSPS) is 18.8. The molecule has 0 bridgehead atoms. The molecule has 1 aliphatic heterocycles. The van der Waals surface area contributed by atoms with Gasteiger partial charge >= 0.3 is 0 Å². The number of nitrogens with one attached hydrogen (secondary N) is 2. The second-order valence-electron chi connectivity index (χ2n) is 8.20. The number of hydrogen-bond donors (Lipinski definition) is 3. The van der Waals surface area contributed by atoms with Crippen molar-refractivity contribution in [1.29, 1.82) is 0 Å². The van der Waals surface area contributed by atoms with E-state index in [0.29, 0.717) is 45.9 Å². The zero-order valence-electron chi connectivity index (χ0n) is 17.4. The number of thiophene rings is 1. The average Bonchev–Trinajstić information content (AvgIpc) is 3.10. The fourth-order valence-corrected chi connectivity index (χ4v) is 5.46. The van der Waals surface area contributed by atoms with Gasteiger partial charge in [-0.15, -0.1) is 11.3 Å². The summed E-state index contributed by atoms with van der Waals surface area (Å²) in [5.41, 5.74) is 10.3. The molecule has 3 aromatic rings. The molecule has 4 N–H and O–H groups in total. The van der Waals surface area contributed by atoms with Crippen LogP contribution in [0.5, 0.6) is 0 Å². The molecule has 1 saturated heterocycles. The van der Waals surface area contributed by atoms with Gasteiger partial charge in [0.1, 0.15) is 21.0 Å². The van der Waals surface area contributed by atoms with Crippen molar-refractivity contribution in [3.05, 3.63) is 45.8 Å². The van der Waals surface area contributed by atoms with E-state index in [4.69, 9.17) is 5.73 Å². The van der Waals surface area contributed by atoms with Gasteiger partial charge < -0.3 is 21.3 Å². The number of piperazine rings is 1. The first-order chi connectivity index (χ1) is 15.0. The van der Waals surface area contributed by atoms with Gasteiger partial charge in [0.2, 0.25) is 0 Å². The van der Waals surface area contributed by atoms with E-state index in [-0.39, 0.29) is 17.8 Å². The molecular formula is C22H25FN6OS. The highest BCUT2D eigenvalue weighted by Crippen LogP contribution is 2.33. The predicted octanol–water partition coefficient (Wildman–Crippen LogP) is 2.42. The Hall–Kier alpha value is -2.78. The van der Waals surface area contributed by atoms with Gasteiger partial charge in [0, 0.05) is 38.4 Å². The molecule has 1 amide bonds. The standard InChI is InChI=1S/C22H25FN6OS/c1-12-11-26-19-18(24)20(31-22(19)27-12)21(30)28-14-3-4-15-13(10-14)2-5-16(17(15)23)29-8-6-25-7-9-29/h2,5,11,14,25H,3-4,6-10,24H2,1H3,(H,28,30)/t14-/m1/s1. The number of nitrogens with zero attached hydrogens (tertiary/aromatic N) is 3. The van der Waals surface area contributed by atoms with E-state index in [1.807, 2.05) is 19.1 Å². The predicted molar refractivity (Wildman–Crippen MR) is 121 cm³/mol. The molecule has 2 aromatic heterocycles. The zero-order chi connectivity index (χ0) is 21.5. The van der Waals surface area contributed by atoms with Gasteiger partial charge in [-0.3, -0.25) is 4.79 Å². The van der Waals surface area contributed by atoms with Crippen LogP contribution in [0.4, 0.5) is 15.8 Å². The number of nitrogens with two attached hydrogens (primary N) is 1. The number of aromatic nitrogens is 2. The van der Waals surface area contributed by atoms with Crippen LogP contribution in [0.15, 0.2) is 18.3 Å². The van der Waals surface area contributed by atoms with Crippen molar-refractivity contribution in [3.8, 4) is 0 Å². The molecule has 7 nitrogen and oxygen atoms in total. The van der Waals surface area contributed by atoms with Crippen LogP contribution in [0.25, 0.3) is 10.3 Å². The fourth-order valence-electron chi connectivity index (χ4n) is 4.46. The molecule has 5 rings (SSSR count). The number of amides is 1. The largest absolute Gasteiger partial charge is 0.396 e. The number of carbonyl (C=O) groups excluding carboxylic acids is 1. The summed E-state index contributed by atoms with van der Waals surface area (Å²) in [5, 5.41) is 6.38. The summed E-state index contributed by atoms with van der Waals surface area (Å²) in [6.45, 7) is 5.23. The summed E-state index contributed by atoms with van der Waals surface area (Å²) >= 11 is 1.26. The molecule has 0 unspecified atom stereocenters. The van der Waals surface area contributed by atoms with Crippen molar-refractivity contribution in [1.82, 2.24) is 20.6 Å². The summed E-state index contributed by atoms with van der Waals surface area (Å²) in [6.07, 6.45) is 3.56. The molecule has 3 heterocycles. The van der Waals surface area contributed by atoms with Crippen LogP contribution in [0.3, 0.4) is 0 Å². The molecule has 1 atom stereocenters. The molecule has 31 heavy (non-hydrogen) atoms. The maximum Gasteiger partial charge on any atom is 0.263 e. The van der Waals surface area contributed by atoms with Crippen molar-refractivity contribution in [2.75, 3.05) is 36.8 Å². The lowest BCUT2D eigenvalue weighted by Crippen LogP contribution is -2.44. The first-order valence-electron chi connectivity index (χ1n) is 10.6.